The van der Waals surface area contributed by atoms with Crippen LogP contribution in [0.15, 0.2) is 140 Å². The summed E-state index contributed by atoms with van der Waals surface area (Å²) in [6.45, 7) is 32.1. The van der Waals surface area contributed by atoms with E-state index in [2.05, 4.69) is 246 Å². The molecule has 0 N–H and O–H groups in total. The summed E-state index contributed by atoms with van der Waals surface area (Å²) in [6.07, 6.45) is 0. The van der Waals surface area contributed by atoms with Gasteiger partial charge in [0.15, 0.2) is 0 Å². The third-order valence-corrected chi connectivity index (χ3v) is 15.6. The topological polar surface area (TPSA) is 6.48 Å². The van der Waals surface area contributed by atoms with Gasteiger partial charge in [0.25, 0.3) is 0 Å². The highest BCUT2D eigenvalue weighted by Crippen LogP contribution is 2.47. The van der Waals surface area contributed by atoms with Crippen molar-refractivity contribution in [2.75, 3.05) is 9.80 Å². The van der Waals surface area contributed by atoms with Crippen LogP contribution in [-0.2, 0) is 21.7 Å². The molecule has 0 aliphatic heterocycles. The molecule has 0 fully saturated rings. The first-order chi connectivity index (χ1) is 27.0. The van der Waals surface area contributed by atoms with Crippen LogP contribution < -0.4 is 20.2 Å². The number of halogens is 1. The van der Waals surface area contributed by atoms with Gasteiger partial charge < -0.3 is 9.80 Å². The zero-order valence-electron chi connectivity index (χ0n) is 37.6. The van der Waals surface area contributed by atoms with Gasteiger partial charge in [-0.05, 0) is 105 Å². The monoisotopic (exact) mass is 804 g/mol. The van der Waals surface area contributed by atoms with E-state index in [-0.39, 0.29) is 21.7 Å². The van der Waals surface area contributed by atoms with E-state index in [1.54, 1.807) is 0 Å². The third-order valence-electron chi connectivity index (χ3n) is 11.7. The minimum Gasteiger partial charge on any atom is -0.309 e. The van der Waals surface area contributed by atoms with Gasteiger partial charge >= 0.3 is 0 Å². The molecule has 0 aliphatic carbocycles. The lowest BCUT2D eigenvalue weighted by Gasteiger charge is -2.35. The van der Waals surface area contributed by atoms with Crippen molar-refractivity contribution in [3.05, 3.63) is 167 Å². The molecule has 0 amide bonds. The van der Waals surface area contributed by atoms with E-state index in [0.717, 1.165) is 34.1 Å². The molecule has 0 saturated heterocycles. The maximum absolute atomic E-state index is 8.01. The number of anilines is 6. The molecular weight excluding hydrogens is 740 g/mol. The zero-order chi connectivity index (χ0) is 42.4. The Hall–Kier alpha value is -4.57. The second-order valence-electron chi connectivity index (χ2n) is 20.7. The van der Waals surface area contributed by atoms with Crippen molar-refractivity contribution < 1.29 is 0 Å². The van der Waals surface area contributed by atoms with Crippen molar-refractivity contribution in [1.82, 2.24) is 0 Å². The summed E-state index contributed by atoms with van der Waals surface area (Å²) in [7, 11) is -2.28. The normalized spacial score (nSPS) is 12.7. The first-order valence-electron chi connectivity index (χ1n) is 20.9. The Kier molecular flexibility index (Phi) is 11.8. The first kappa shape index (κ1) is 43.0. The Morgan fingerprint density at radius 1 is 0.362 bits per heavy atom. The maximum Gasteiger partial charge on any atom is 0.112 e. The van der Waals surface area contributed by atoms with Gasteiger partial charge in [-0.25, -0.2) is 0 Å². The van der Waals surface area contributed by atoms with Gasteiger partial charge in [0.2, 0.25) is 0 Å². The number of hydrogen-bond acceptors (Lipinski definition) is 2. The third kappa shape index (κ3) is 9.17. The first-order valence-corrected chi connectivity index (χ1v) is 24.3. The molecule has 302 valence electrons. The predicted molar refractivity (Wildman–Crippen MR) is 259 cm³/mol. The second-order valence-corrected chi connectivity index (χ2v) is 25.5. The van der Waals surface area contributed by atoms with Crippen molar-refractivity contribution in [3.8, 4) is 0 Å². The van der Waals surface area contributed by atoms with Crippen LogP contribution in [0.3, 0.4) is 0 Å². The van der Waals surface area contributed by atoms with Crippen molar-refractivity contribution in [1.29, 1.82) is 0 Å². The van der Waals surface area contributed by atoms with E-state index >= 15 is 0 Å². The van der Waals surface area contributed by atoms with E-state index in [1.807, 2.05) is 0 Å². The minimum absolute atomic E-state index is 0.0271. The molecule has 0 unspecified atom stereocenters. The molecule has 0 bridgehead atoms. The fourth-order valence-corrected chi connectivity index (χ4v) is 10.2. The van der Waals surface area contributed by atoms with Crippen molar-refractivity contribution in [3.63, 3.8) is 0 Å². The van der Waals surface area contributed by atoms with Crippen LogP contribution in [0.1, 0.15) is 105 Å². The molecule has 0 radical (unpaired) electrons. The van der Waals surface area contributed by atoms with Crippen LogP contribution in [0.25, 0.3) is 0 Å². The Bertz CT molecular complexity index is 2060. The van der Waals surface area contributed by atoms with Gasteiger partial charge in [-0.15, -0.1) is 0 Å². The summed E-state index contributed by atoms with van der Waals surface area (Å²) in [6, 6.07) is 52.0. The predicted octanol–water partition coefficient (Wildman–Crippen LogP) is 15.3. The fourth-order valence-electron chi connectivity index (χ4n) is 7.60. The molecule has 6 rings (SSSR count). The van der Waals surface area contributed by atoms with Crippen LogP contribution in [0, 0.1) is 0 Å². The van der Waals surface area contributed by atoms with Gasteiger partial charge in [-0.3, -0.25) is 0 Å². The molecule has 0 spiro atoms. The molecule has 6 aromatic carbocycles. The molecule has 0 aliphatic rings. The Morgan fingerprint density at radius 3 is 0.862 bits per heavy atom. The molecule has 6 aromatic rings. The fraction of sp³-hybridized carbons (Fsp3) is 0.333. The molecule has 0 atom stereocenters. The summed E-state index contributed by atoms with van der Waals surface area (Å²) < 4.78 is 0. The Labute approximate surface area is 356 Å². The Balaban J connectivity index is 1.69. The summed E-state index contributed by atoms with van der Waals surface area (Å²) in [5, 5.41) is 3.37. The lowest BCUT2D eigenvalue weighted by atomic mass is 9.86. The second kappa shape index (κ2) is 15.9. The lowest BCUT2D eigenvalue weighted by Crippen LogP contribution is -2.53. The molecule has 0 saturated carbocycles. The average Bonchev–Trinajstić information content (AvgIpc) is 3.16. The van der Waals surface area contributed by atoms with E-state index in [1.165, 1.54) is 32.6 Å². The summed E-state index contributed by atoms with van der Waals surface area (Å²) in [5.74, 6) is 0. The van der Waals surface area contributed by atoms with Crippen LogP contribution in [0.5, 0.6) is 0 Å². The summed E-state index contributed by atoms with van der Waals surface area (Å²) in [5.41, 5.74) is 11.5. The summed E-state index contributed by atoms with van der Waals surface area (Å²) >= 11 is 8.01. The lowest BCUT2D eigenvalue weighted by molar-refractivity contribution is 0.590. The molecule has 58 heavy (non-hydrogen) atoms. The van der Waals surface area contributed by atoms with E-state index < -0.39 is 8.07 Å². The number of rotatable bonds is 8. The molecule has 0 aromatic heterocycles. The van der Waals surface area contributed by atoms with Gasteiger partial charge in [-0.2, -0.15) is 0 Å². The van der Waals surface area contributed by atoms with Gasteiger partial charge in [0.1, 0.15) is 8.07 Å². The zero-order valence-corrected chi connectivity index (χ0v) is 39.3. The van der Waals surface area contributed by atoms with E-state index in [9.17, 15) is 0 Å². The quantitative estimate of drug-likeness (QED) is 0.141. The van der Waals surface area contributed by atoms with Gasteiger partial charge in [-0.1, -0.05) is 197 Å². The molecule has 2 nitrogen and oxygen atoms in total. The van der Waals surface area contributed by atoms with Crippen LogP contribution in [-0.4, -0.2) is 8.07 Å². The molecular formula is C54H65ClN2Si. The molecule has 4 heteroatoms. The standard InChI is InChI=1S/C54H65ClN2Si/c1-51(2,3)38-20-28-42(29-21-38)56(43-30-22-39(23-31-43)52(4,5)6)48-36-47(58(13,14)46-18-16-15-17-19-46)37-49(50(48)55)57(44-32-24-40(25-33-44)53(7,8)9)45-34-26-41(27-35-45)54(10,11)12/h15-37H,1-14H3. The number of nitrogens with zero attached hydrogens (tertiary/aromatic N) is 2. The largest absolute Gasteiger partial charge is 0.309 e. The van der Waals surface area contributed by atoms with Crippen molar-refractivity contribution in [2.24, 2.45) is 0 Å². The number of benzene rings is 6. The average molecular weight is 806 g/mol. The number of hydrogen-bond donors (Lipinski definition) is 0. The summed E-state index contributed by atoms with van der Waals surface area (Å²) in [4.78, 5) is 4.74. The van der Waals surface area contributed by atoms with Gasteiger partial charge in [0, 0.05) is 22.7 Å². The Morgan fingerprint density at radius 2 is 0.621 bits per heavy atom. The van der Waals surface area contributed by atoms with Crippen LogP contribution in [0.4, 0.5) is 34.1 Å². The highest BCUT2D eigenvalue weighted by molar-refractivity contribution is 7.00. The molecule has 0 heterocycles. The van der Waals surface area contributed by atoms with Crippen LogP contribution in [0.2, 0.25) is 18.1 Å². The SMILES string of the molecule is CC(C)(C)c1ccc(N(c2ccc(C(C)(C)C)cc2)c2cc([Si](C)(C)c3ccccc3)cc(N(c3ccc(C(C)(C)C)cc3)c3ccc(C(C)(C)C)cc3)c2Cl)cc1. The highest BCUT2D eigenvalue weighted by Gasteiger charge is 2.32. The van der Waals surface area contributed by atoms with Gasteiger partial charge in [0.05, 0.1) is 16.4 Å². The smallest absolute Gasteiger partial charge is 0.112 e. The highest BCUT2D eigenvalue weighted by atomic mass is 35.5. The van der Waals surface area contributed by atoms with Crippen LogP contribution >= 0.6 is 11.6 Å². The van der Waals surface area contributed by atoms with E-state index in [0.29, 0.717) is 5.02 Å². The van der Waals surface area contributed by atoms with Crippen molar-refractivity contribution in [2.45, 2.75) is 118 Å². The van der Waals surface area contributed by atoms with Crippen molar-refractivity contribution >= 4 is 64.2 Å². The maximum atomic E-state index is 8.01. The minimum atomic E-state index is -2.28. The van der Waals surface area contributed by atoms with E-state index in [4.69, 9.17) is 11.6 Å².